The van der Waals surface area contributed by atoms with E-state index >= 15 is 0 Å². The van der Waals surface area contributed by atoms with Crippen LogP contribution in [0, 0.1) is 17.3 Å². The van der Waals surface area contributed by atoms with Crippen molar-refractivity contribution in [2.24, 2.45) is 17.3 Å². The summed E-state index contributed by atoms with van der Waals surface area (Å²) in [5.74, 6) is 0.913. The number of aliphatic hydroxyl groups is 2. The minimum atomic E-state index is -0.849. The average Bonchev–Trinajstić information content (AvgIpc) is 1.93. The molecule has 2 N–H and O–H groups in total. The molecule has 0 amide bonds. The normalized spacial score (nSPS) is 56.2. The summed E-state index contributed by atoms with van der Waals surface area (Å²) in [6.07, 6.45) is 1.36. The molecule has 2 heteroatoms. The molecule has 2 nitrogen and oxygen atoms in total. The smallest absolute Gasteiger partial charge is 0.0910 e. The summed E-state index contributed by atoms with van der Waals surface area (Å²) in [5, 5.41) is 19.7. The monoisotopic (exact) mass is 170 g/mol. The van der Waals surface area contributed by atoms with Crippen LogP contribution < -0.4 is 0 Å². The highest BCUT2D eigenvalue weighted by molar-refractivity contribution is 5.12. The molecule has 0 spiro atoms. The Balaban J connectivity index is 2.27. The Bertz CT molecular complexity index is 208. The van der Waals surface area contributed by atoms with Crippen LogP contribution in [0.15, 0.2) is 0 Å². The van der Waals surface area contributed by atoms with Crippen LogP contribution in [0.3, 0.4) is 0 Å². The maximum Gasteiger partial charge on any atom is 0.0910 e. The predicted octanol–water partition coefficient (Wildman–Crippen LogP) is 1.16. The fraction of sp³-hybridized carbons (Fsp3) is 1.00. The van der Waals surface area contributed by atoms with E-state index in [1.165, 1.54) is 0 Å². The van der Waals surface area contributed by atoms with Gasteiger partial charge in [-0.15, -0.1) is 0 Å². The lowest BCUT2D eigenvalue weighted by Crippen LogP contribution is -2.66. The Labute approximate surface area is 73.6 Å². The predicted molar refractivity (Wildman–Crippen MR) is 46.6 cm³/mol. The highest BCUT2D eigenvalue weighted by Crippen LogP contribution is 2.62. The first-order chi connectivity index (χ1) is 5.37. The Morgan fingerprint density at radius 2 is 1.75 bits per heavy atom. The molecule has 12 heavy (non-hydrogen) atoms. The number of hydrogen-bond acceptors (Lipinski definition) is 2. The van der Waals surface area contributed by atoms with Crippen molar-refractivity contribution in [2.75, 3.05) is 0 Å². The second kappa shape index (κ2) is 2.05. The van der Waals surface area contributed by atoms with Gasteiger partial charge in [0.25, 0.3) is 0 Å². The minimum Gasteiger partial charge on any atom is -0.390 e. The lowest BCUT2D eigenvalue weighted by atomic mass is 9.43. The second-order valence-corrected chi connectivity index (χ2v) is 5.28. The van der Waals surface area contributed by atoms with Crippen LogP contribution in [0.1, 0.15) is 33.6 Å². The third-order valence-corrected chi connectivity index (χ3v) is 4.36. The maximum absolute atomic E-state index is 10.0. The first-order valence-electron chi connectivity index (χ1n) is 4.77. The molecule has 0 aromatic carbocycles. The summed E-state index contributed by atoms with van der Waals surface area (Å²) in [5.41, 5.74) is -0.610. The van der Waals surface area contributed by atoms with Gasteiger partial charge in [-0.3, -0.25) is 0 Å². The maximum atomic E-state index is 10.0. The van der Waals surface area contributed by atoms with Crippen molar-refractivity contribution in [1.82, 2.24) is 0 Å². The topological polar surface area (TPSA) is 40.5 Å². The summed E-state index contributed by atoms with van der Waals surface area (Å²) >= 11 is 0. The molecule has 4 atom stereocenters. The van der Waals surface area contributed by atoms with Gasteiger partial charge in [-0.2, -0.15) is 0 Å². The third-order valence-electron chi connectivity index (χ3n) is 4.36. The summed E-state index contributed by atoms with van der Waals surface area (Å²) in [6.45, 7) is 6.18. The van der Waals surface area contributed by atoms with Crippen molar-refractivity contribution in [3.05, 3.63) is 0 Å². The fourth-order valence-corrected chi connectivity index (χ4v) is 3.15. The van der Waals surface area contributed by atoms with Crippen LogP contribution in [0.25, 0.3) is 0 Å². The molecule has 3 fully saturated rings. The molecule has 1 unspecified atom stereocenters. The second-order valence-electron chi connectivity index (χ2n) is 5.28. The molecule has 3 saturated carbocycles. The van der Waals surface area contributed by atoms with E-state index in [9.17, 15) is 10.2 Å². The molecule has 0 radical (unpaired) electrons. The lowest BCUT2D eigenvalue weighted by molar-refractivity contribution is -0.245. The molecule has 0 aliphatic heterocycles. The van der Waals surface area contributed by atoms with Crippen LogP contribution in [0.5, 0.6) is 0 Å². The van der Waals surface area contributed by atoms with E-state index in [0.29, 0.717) is 11.8 Å². The zero-order valence-electron chi connectivity index (χ0n) is 8.04. The molecular weight excluding hydrogens is 152 g/mol. The van der Waals surface area contributed by atoms with Crippen LogP contribution in [0.4, 0.5) is 0 Å². The van der Waals surface area contributed by atoms with Gasteiger partial charge in [0.15, 0.2) is 0 Å². The van der Waals surface area contributed by atoms with Gasteiger partial charge in [-0.05, 0) is 37.0 Å². The van der Waals surface area contributed by atoms with E-state index in [-0.39, 0.29) is 5.41 Å². The Hall–Kier alpha value is -0.0800. The fourth-order valence-electron chi connectivity index (χ4n) is 3.15. The SMILES string of the molecule is CC1(C)C2C[C@@H]1C[C@H](O)[C@]2(C)O. The third kappa shape index (κ3) is 0.775. The molecule has 0 saturated heterocycles. The largest absolute Gasteiger partial charge is 0.390 e. The van der Waals surface area contributed by atoms with Crippen molar-refractivity contribution in [3.8, 4) is 0 Å². The van der Waals surface area contributed by atoms with Crippen molar-refractivity contribution in [1.29, 1.82) is 0 Å². The van der Waals surface area contributed by atoms with Gasteiger partial charge < -0.3 is 10.2 Å². The van der Waals surface area contributed by atoms with Gasteiger partial charge in [0.05, 0.1) is 11.7 Å². The van der Waals surface area contributed by atoms with E-state index < -0.39 is 11.7 Å². The van der Waals surface area contributed by atoms with E-state index in [0.717, 1.165) is 12.8 Å². The Morgan fingerprint density at radius 3 is 2.08 bits per heavy atom. The lowest BCUT2D eigenvalue weighted by Gasteiger charge is -2.64. The highest BCUT2D eigenvalue weighted by atomic mass is 16.3. The molecular formula is C10H18O2. The van der Waals surface area contributed by atoms with Gasteiger partial charge in [0.2, 0.25) is 0 Å². The van der Waals surface area contributed by atoms with E-state index in [2.05, 4.69) is 13.8 Å². The van der Waals surface area contributed by atoms with Crippen LogP contribution >= 0.6 is 0 Å². The van der Waals surface area contributed by atoms with Crippen molar-refractivity contribution in [3.63, 3.8) is 0 Å². The zero-order valence-corrected chi connectivity index (χ0v) is 8.04. The van der Waals surface area contributed by atoms with Gasteiger partial charge in [0, 0.05) is 0 Å². The highest BCUT2D eigenvalue weighted by Gasteiger charge is 2.62. The molecule has 0 aromatic rings. The first kappa shape index (κ1) is 8.52. The zero-order chi connectivity index (χ0) is 9.15. The van der Waals surface area contributed by atoms with Gasteiger partial charge >= 0.3 is 0 Å². The molecule has 3 aliphatic rings. The summed E-state index contributed by atoms with van der Waals surface area (Å²) in [7, 11) is 0. The number of fused-ring (bicyclic) bond motifs is 2. The molecule has 3 aliphatic carbocycles. The quantitative estimate of drug-likeness (QED) is 0.573. The number of rotatable bonds is 0. The van der Waals surface area contributed by atoms with Crippen molar-refractivity contribution in [2.45, 2.75) is 45.3 Å². The van der Waals surface area contributed by atoms with Gasteiger partial charge in [-0.25, -0.2) is 0 Å². The average molecular weight is 170 g/mol. The summed E-state index contributed by atoms with van der Waals surface area (Å²) < 4.78 is 0. The van der Waals surface area contributed by atoms with E-state index in [4.69, 9.17) is 0 Å². The Morgan fingerprint density at radius 1 is 1.17 bits per heavy atom. The molecule has 70 valence electrons. The molecule has 0 heterocycles. The first-order valence-corrected chi connectivity index (χ1v) is 4.77. The number of aliphatic hydroxyl groups excluding tert-OH is 1. The van der Waals surface area contributed by atoms with Crippen molar-refractivity contribution < 1.29 is 10.2 Å². The van der Waals surface area contributed by atoms with Gasteiger partial charge in [-0.1, -0.05) is 13.8 Å². The van der Waals surface area contributed by atoms with E-state index in [1.807, 2.05) is 0 Å². The molecule has 2 bridgehead atoms. The summed E-state index contributed by atoms with van der Waals surface area (Å²) in [6, 6.07) is 0. The molecule has 3 rings (SSSR count). The van der Waals surface area contributed by atoms with Crippen LogP contribution in [-0.2, 0) is 0 Å². The van der Waals surface area contributed by atoms with Crippen LogP contribution in [-0.4, -0.2) is 21.9 Å². The summed E-state index contributed by atoms with van der Waals surface area (Å²) in [4.78, 5) is 0. The minimum absolute atomic E-state index is 0.239. The van der Waals surface area contributed by atoms with E-state index in [1.54, 1.807) is 6.92 Å². The van der Waals surface area contributed by atoms with Gasteiger partial charge in [0.1, 0.15) is 0 Å². The molecule has 0 aromatic heterocycles. The standard InChI is InChI=1S/C10H18O2/c1-9(2)6-4-7(9)10(3,12)8(11)5-6/h6-8,11-12H,4-5H2,1-3H3/t6-,7?,8+,10-/m1/s1. The van der Waals surface area contributed by atoms with Crippen molar-refractivity contribution >= 4 is 0 Å². The van der Waals surface area contributed by atoms with Crippen LogP contribution in [0.2, 0.25) is 0 Å². The Kier molecular flexibility index (Phi) is 1.45. The number of hydrogen-bond donors (Lipinski definition) is 2.